The molecule has 0 bridgehead atoms. The highest BCUT2D eigenvalue weighted by Crippen LogP contribution is 2.36. The molecule has 2 heterocycles. The lowest BCUT2D eigenvalue weighted by Gasteiger charge is -2.32. The maximum Gasteiger partial charge on any atom is 0.324 e. The number of nitrogens with one attached hydrogen (secondary N) is 2. The lowest BCUT2D eigenvalue weighted by Crippen LogP contribution is -2.50. The average molecular weight is 339 g/mol. The SMILES string of the molecule is C=C1NC(=O)N[C@@H](c2ccc([N+](=O)[O-])s2)[C@H]1C(=O)OCCCC. The van der Waals surface area contributed by atoms with Gasteiger partial charge in [-0.25, -0.2) is 4.79 Å². The van der Waals surface area contributed by atoms with Crippen LogP contribution in [0.4, 0.5) is 9.80 Å². The lowest BCUT2D eigenvalue weighted by molar-refractivity contribution is -0.380. The molecular formula is C14H17N3O5S. The van der Waals surface area contributed by atoms with Crippen LogP contribution in [-0.2, 0) is 9.53 Å². The van der Waals surface area contributed by atoms with Gasteiger partial charge in [0.2, 0.25) is 0 Å². The van der Waals surface area contributed by atoms with Gasteiger partial charge in [0, 0.05) is 16.6 Å². The summed E-state index contributed by atoms with van der Waals surface area (Å²) in [6.07, 6.45) is 1.62. The van der Waals surface area contributed by atoms with E-state index < -0.39 is 28.9 Å². The molecule has 0 unspecified atom stereocenters. The number of unbranched alkanes of at least 4 members (excludes halogenated alkanes) is 1. The van der Waals surface area contributed by atoms with Gasteiger partial charge in [-0.05, 0) is 12.5 Å². The lowest BCUT2D eigenvalue weighted by atomic mass is 9.93. The standard InChI is InChI=1S/C14H17N3O5S/c1-3-4-7-22-13(18)11-8(2)15-14(19)16-12(11)9-5-6-10(23-9)17(20)21/h5-6,11-12H,2-4,7H2,1H3,(H2,15,16,19)/t11-,12-/m0/s1. The van der Waals surface area contributed by atoms with Crippen LogP contribution >= 0.6 is 11.3 Å². The quantitative estimate of drug-likeness (QED) is 0.358. The Labute approximate surface area is 136 Å². The third-order valence-corrected chi connectivity index (χ3v) is 4.48. The van der Waals surface area contributed by atoms with Gasteiger partial charge in [0.15, 0.2) is 0 Å². The van der Waals surface area contributed by atoms with Crippen molar-refractivity contribution in [3.8, 4) is 0 Å². The molecule has 1 fully saturated rings. The number of carbonyl (C=O) groups excluding carboxylic acids is 2. The molecule has 2 atom stereocenters. The van der Waals surface area contributed by atoms with Crippen LogP contribution < -0.4 is 10.6 Å². The molecule has 2 rings (SSSR count). The Morgan fingerprint density at radius 1 is 1.52 bits per heavy atom. The number of rotatable bonds is 6. The summed E-state index contributed by atoms with van der Waals surface area (Å²) in [5.41, 5.74) is 0.219. The van der Waals surface area contributed by atoms with Crippen molar-refractivity contribution in [1.29, 1.82) is 0 Å². The average Bonchev–Trinajstić information content (AvgIpc) is 2.96. The minimum atomic E-state index is -0.831. The fourth-order valence-corrected chi connectivity index (χ4v) is 3.12. The number of hydrogen-bond acceptors (Lipinski definition) is 6. The Morgan fingerprint density at radius 3 is 2.87 bits per heavy atom. The number of urea groups is 1. The maximum absolute atomic E-state index is 12.3. The van der Waals surface area contributed by atoms with Crippen molar-refractivity contribution in [2.24, 2.45) is 5.92 Å². The van der Waals surface area contributed by atoms with E-state index in [1.54, 1.807) is 0 Å². The van der Waals surface area contributed by atoms with Gasteiger partial charge in [-0.2, -0.15) is 0 Å². The molecule has 124 valence electrons. The summed E-state index contributed by atoms with van der Waals surface area (Å²) >= 11 is 0.911. The maximum atomic E-state index is 12.3. The molecule has 1 aliphatic rings. The van der Waals surface area contributed by atoms with E-state index in [9.17, 15) is 19.7 Å². The molecule has 1 aliphatic heterocycles. The van der Waals surface area contributed by atoms with Crippen LogP contribution in [-0.4, -0.2) is 23.5 Å². The minimum absolute atomic E-state index is 0.0588. The zero-order chi connectivity index (χ0) is 17.0. The molecule has 1 aromatic heterocycles. The van der Waals surface area contributed by atoms with E-state index in [-0.39, 0.29) is 17.3 Å². The molecule has 0 radical (unpaired) electrons. The number of nitrogens with zero attached hydrogens (tertiary/aromatic N) is 1. The first-order chi connectivity index (χ1) is 10.9. The third kappa shape index (κ3) is 3.86. The largest absolute Gasteiger partial charge is 0.465 e. The highest BCUT2D eigenvalue weighted by Gasteiger charge is 2.40. The highest BCUT2D eigenvalue weighted by atomic mass is 32.1. The molecule has 2 amide bonds. The van der Waals surface area contributed by atoms with Gasteiger partial charge in [-0.15, -0.1) is 0 Å². The molecule has 2 N–H and O–H groups in total. The summed E-state index contributed by atoms with van der Waals surface area (Å²) in [6.45, 7) is 5.97. The van der Waals surface area contributed by atoms with Crippen LogP contribution in [0.25, 0.3) is 0 Å². The molecule has 9 heteroatoms. The van der Waals surface area contributed by atoms with E-state index >= 15 is 0 Å². The number of carbonyl (C=O) groups is 2. The summed E-state index contributed by atoms with van der Waals surface area (Å²) in [6, 6.07) is 1.63. The Hall–Kier alpha value is -2.42. The second kappa shape index (κ2) is 7.23. The predicted molar refractivity (Wildman–Crippen MR) is 83.9 cm³/mol. The molecule has 0 aromatic carbocycles. The molecule has 23 heavy (non-hydrogen) atoms. The number of amides is 2. The zero-order valence-electron chi connectivity index (χ0n) is 12.5. The number of esters is 1. The molecule has 0 aliphatic carbocycles. The van der Waals surface area contributed by atoms with Gasteiger partial charge in [-0.1, -0.05) is 31.3 Å². The van der Waals surface area contributed by atoms with E-state index in [1.807, 2.05) is 6.92 Å². The van der Waals surface area contributed by atoms with Gasteiger partial charge in [0.05, 0.1) is 17.6 Å². The summed E-state index contributed by atoms with van der Waals surface area (Å²) < 4.78 is 5.21. The van der Waals surface area contributed by atoms with Crippen molar-refractivity contribution >= 4 is 28.3 Å². The van der Waals surface area contributed by atoms with Crippen molar-refractivity contribution in [3.63, 3.8) is 0 Å². The van der Waals surface area contributed by atoms with Crippen LogP contribution in [0.3, 0.4) is 0 Å². The van der Waals surface area contributed by atoms with E-state index in [2.05, 4.69) is 17.2 Å². The van der Waals surface area contributed by atoms with Crippen molar-refractivity contribution in [2.75, 3.05) is 6.61 Å². The zero-order valence-corrected chi connectivity index (χ0v) is 13.4. The van der Waals surface area contributed by atoms with E-state index in [4.69, 9.17) is 4.74 Å². The van der Waals surface area contributed by atoms with Crippen LogP contribution in [0.2, 0.25) is 0 Å². The number of hydrogen-bond donors (Lipinski definition) is 2. The Morgan fingerprint density at radius 2 is 2.26 bits per heavy atom. The fourth-order valence-electron chi connectivity index (χ4n) is 2.21. The normalized spacial score (nSPS) is 20.6. The first-order valence-electron chi connectivity index (χ1n) is 7.11. The molecule has 0 saturated carbocycles. The first kappa shape index (κ1) is 16.9. The van der Waals surface area contributed by atoms with Gasteiger partial charge >= 0.3 is 17.0 Å². The van der Waals surface area contributed by atoms with Crippen molar-refractivity contribution < 1.29 is 19.2 Å². The second-order valence-electron chi connectivity index (χ2n) is 5.03. The van der Waals surface area contributed by atoms with Gasteiger partial charge < -0.3 is 15.4 Å². The number of ether oxygens (including phenoxy) is 1. The number of nitro groups is 1. The van der Waals surface area contributed by atoms with E-state index in [0.717, 1.165) is 24.2 Å². The van der Waals surface area contributed by atoms with Crippen LogP contribution in [0.15, 0.2) is 24.4 Å². The van der Waals surface area contributed by atoms with E-state index in [0.29, 0.717) is 4.88 Å². The van der Waals surface area contributed by atoms with Gasteiger partial charge in [0.25, 0.3) is 0 Å². The van der Waals surface area contributed by atoms with E-state index in [1.165, 1.54) is 12.1 Å². The van der Waals surface area contributed by atoms with Crippen molar-refractivity contribution in [3.05, 3.63) is 39.4 Å². The van der Waals surface area contributed by atoms with Crippen LogP contribution in [0.1, 0.15) is 30.7 Å². The molecule has 1 saturated heterocycles. The Balaban J connectivity index is 2.23. The summed E-state index contributed by atoms with van der Waals surface area (Å²) in [4.78, 5) is 34.8. The predicted octanol–water partition coefficient (Wildman–Crippen LogP) is 2.48. The van der Waals surface area contributed by atoms with Crippen molar-refractivity contribution in [2.45, 2.75) is 25.8 Å². The summed E-state index contributed by atoms with van der Waals surface area (Å²) in [5, 5.41) is 15.8. The molecule has 0 spiro atoms. The van der Waals surface area contributed by atoms with Gasteiger partial charge in [-0.3, -0.25) is 14.9 Å². The Kier molecular flexibility index (Phi) is 5.32. The molecule has 1 aromatic rings. The van der Waals surface area contributed by atoms with Crippen LogP contribution in [0.5, 0.6) is 0 Å². The summed E-state index contributed by atoms with van der Waals surface area (Å²) in [5.74, 6) is -1.35. The smallest absolute Gasteiger partial charge is 0.324 e. The monoisotopic (exact) mass is 339 g/mol. The molecule has 8 nitrogen and oxygen atoms in total. The highest BCUT2D eigenvalue weighted by molar-refractivity contribution is 7.15. The topological polar surface area (TPSA) is 111 Å². The third-order valence-electron chi connectivity index (χ3n) is 3.36. The van der Waals surface area contributed by atoms with Gasteiger partial charge in [0.1, 0.15) is 5.92 Å². The summed E-state index contributed by atoms with van der Waals surface area (Å²) in [7, 11) is 0. The fraction of sp³-hybridized carbons (Fsp3) is 0.429. The first-order valence-corrected chi connectivity index (χ1v) is 7.92. The second-order valence-corrected chi connectivity index (χ2v) is 6.13. The van der Waals surface area contributed by atoms with Crippen molar-refractivity contribution in [1.82, 2.24) is 10.6 Å². The minimum Gasteiger partial charge on any atom is -0.465 e. The number of thiophene rings is 1. The molecular weight excluding hydrogens is 322 g/mol. The Bertz CT molecular complexity index is 642. The van der Waals surface area contributed by atoms with Crippen LogP contribution in [0, 0.1) is 16.0 Å².